The second-order valence-corrected chi connectivity index (χ2v) is 21.5. The van der Waals surface area contributed by atoms with E-state index in [0.29, 0.717) is 6.42 Å². The van der Waals surface area contributed by atoms with Gasteiger partial charge in [0.05, 0.1) is 18.8 Å². The second kappa shape index (κ2) is 59.2. The molecule has 0 radical (unpaired) electrons. The number of allylic oxidation sites excluding steroid dienone is 3. The Hall–Kier alpha value is -1.13. The van der Waals surface area contributed by atoms with Gasteiger partial charge in [-0.05, 0) is 44.9 Å². The van der Waals surface area contributed by atoms with E-state index in [2.05, 4.69) is 31.3 Å². The van der Waals surface area contributed by atoms with Gasteiger partial charge in [-0.3, -0.25) is 4.79 Å². The van der Waals surface area contributed by atoms with Crippen molar-refractivity contribution < 1.29 is 15.0 Å². The lowest BCUT2D eigenvalue weighted by atomic mass is 10.0. The van der Waals surface area contributed by atoms with Crippen molar-refractivity contribution in [2.75, 3.05) is 6.61 Å². The van der Waals surface area contributed by atoms with Crippen LogP contribution in [0.5, 0.6) is 0 Å². The van der Waals surface area contributed by atoms with Crippen LogP contribution in [0.2, 0.25) is 0 Å². The van der Waals surface area contributed by atoms with Gasteiger partial charge in [-0.25, -0.2) is 0 Å². The number of aliphatic hydroxyl groups is 2. The van der Waals surface area contributed by atoms with E-state index in [4.69, 9.17) is 0 Å². The molecular weight excluding hydrogens is 819 g/mol. The van der Waals surface area contributed by atoms with Gasteiger partial charge in [-0.15, -0.1) is 0 Å². The number of nitrogens with one attached hydrogen (secondary N) is 1. The fourth-order valence-corrected chi connectivity index (χ4v) is 9.94. The minimum Gasteiger partial charge on any atom is -0.394 e. The van der Waals surface area contributed by atoms with E-state index in [0.717, 1.165) is 25.7 Å². The summed E-state index contributed by atoms with van der Waals surface area (Å²) < 4.78 is 0. The van der Waals surface area contributed by atoms with E-state index >= 15 is 0 Å². The maximum absolute atomic E-state index is 12.5. The Kier molecular flexibility index (Phi) is 58.2. The largest absolute Gasteiger partial charge is 0.394 e. The molecule has 0 aromatic heterocycles. The van der Waals surface area contributed by atoms with Crippen LogP contribution in [0.15, 0.2) is 24.3 Å². The normalized spacial score (nSPS) is 12.8. The van der Waals surface area contributed by atoms with Gasteiger partial charge in [0.1, 0.15) is 0 Å². The maximum atomic E-state index is 12.5. The first-order valence-corrected chi connectivity index (χ1v) is 31.1. The van der Waals surface area contributed by atoms with E-state index in [-0.39, 0.29) is 12.5 Å². The number of hydrogen-bond acceptors (Lipinski definition) is 3. The molecule has 3 N–H and O–H groups in total. The SMILES string of the molecule is CCCCCCCCCCCCCC/C=C\CCCCCCCCCCCCCCCCCC(=O)NC(CO)C(O)/C=C/CCCCCCCCCCCCCCCCCCCCCCCC. The first kappa shape index (κ1) is 65.9. The molecule has 0 aromatic carbocycles. The van der Waals surface area contributed by atoms with Gasteiger partial charge in [0.15, 0.2) is 0 Å². The van der Waals surface area contributed by atoms with E-state index < -0.39 is 12.1 Å². The smallest absolute Gasteiger partial charge is 0.220 e. The van der Waals surface area contributed by atoms with Crippen molar-refractivity contribution in [3.63, 3.8) is 0 Å². The Labute approximate surface area is 421 Å². The number of amides is 1. The van der Waals surface area contributed by atoms with Crippen molar-refractivity contribution in [3.8, 4) is 0 Å². The number of aliphatic hydroxyl groups excluding tert-OH is 2. The highest BCUT2D eigenvalue weighted by Crippen LogP contribution is 2.18. The van der Waals surface area contributed by atoms with Crippen molar-refractivity contribution in [2.24, 2.45) is 0 Å². The zero-order valence-electron chi connectivity index (χ0n) is 46.0. The van der Waals surface area contributed by atoms with Crippen LogP contribution in [-0.4, -0.2) is 34.9 Å². The Morgan fingerprint density at radius 3 is 0.821 bits per heavy atom. The Morgan fingerprint density at radius 2 is 0.567 bits per heavy atom. The van der Waals surface area contributed by atoms with Crippen LogP contribution in [0.3, 0.4) is 0 Å². The number of carbonyl (C=O) groups excluding carboxylic acids is 1. The van der Waals surface area contributed by atoms with Gasteiger partial charge in [0.2, 0.25) is 5.91 Å². The summed E-state index contributed by atoms with van der Waals surface area (Å²) in [6.45, 7) is 4.36. The van der Waals surface area contributed by atoms with Crippen LogP contribution >= 0.6 is 0 Å². The molecule has 2 unspecified atom stereocenters. The third kappa shape index (κ3) is 55.7. The van der Waals surface area contributed by atoms with E-state index in [1.807, 2.05) is 6.08 Å². The van der Waals surface area contributed by atoms with Crippen LogP contribution in [0.25, 0.3) is 0 Å². The van der Waals surface area contributed by atoms with Crippen LogP contribution in [0.1, 0.15) is 354 Å². The Bertz CT molecular complexity index is 978. The molecule has 4 heteroatoms. The van der Waals surface area contributed by atoms with Crippen LogP contribution in [-0.2, 0) is 4.79 Å². The lowest BCUT2D eigenvalue weighted by Gasteiger charge is -2.20. The van der Waals surface area contributed by atoms with Crippen LogP contribution in [0, 0.1) is 0 Å². The van der Waals surface area contributed by atoms with E-state index in [1.165, 1.54) is 308 Å². The molecular formula is C63H123NO3. The van der Waals surface area contributed by atoms with Crippen LogP contribution in [0.4, 0.5) is 0 Å². The predicted octanol–water partition coefficient (Wildman–Crippen LogP) is 20.7. The summed E-state index contributed by atoms with van der Waals surface area (Å²) in [5.41, 5.74) is 0. The minimum absolute atomic E-state index is 0.0568. The molecule has 0 aliphatic carbocycles. The highest BCUT2D eigenvalue weighted by atomic mass is 16.3. The van der Waals surface area contributed by atoms with Gasteiger partial charge in [0.25, 0.3) is 0 Å². The topological polar surface area (TPSA) is 69.6 Å². The molecule has 2 atom stereocenters. The summed E-state index contributed by atoms with van der Waals surface area (Å²) >= 11 is 0. The fourth-order valence-electron chi connectivity index (χ4n) is 9.94. The summed E-state index contributed by atoms with van der Waals surface area (Å²) in [5.74, 6) is -0.0568. The molecule has 0 rings (SSSR count). The molecule has 0 saturated carbocycles. The summed E-state index contributed by atoms with van der Waals surface area (Å²) in [6, 6.07) is -0.621. The van der Waals surface area contributed by atoms with Gasteiger partial charge >= 0.3 is 0 Å². The summed E-state index contributed by atoms with van der Waals surface area (Å²) in [4.78, 5) is 12.5. The average molecular weight is 943 g/mol. The average Bonchev–Trinajstić information content (AvgIpc) is 3.33. The Balaban J connectivity index is 3.44. The maximum Gasteiger partial charge on any atom is 0.220 e. The molecule has 0 aliphatic heterocycles. The third-order valence-electron chi connectivity index (χ3n) is 14.7. The number of unbranched alkanes of at least 4 members (excludes halogenated alkanes) is 49. The van der Waals surface area contributed by atoms with Crippen LogP contribution < -0.4 is 5.32 Å². The zero-order valence-corrected chi connectivity index (χ0v) is 46.0. The van der Waals surface area contributed by atoms with Gasteiger partial charge in [-0.2, -0.15) is 0 Å². The fraction of sp³-hybridized carbons (Fsp3) is 0.921. The number of carbonyl (C=O) groups is 1. The molecule has 67 heavy (non-hydrogen) atoms. The van der Waals surface area contributed by atoms with Crippen molar-refractivity contribution in [3.05, 3.63) is 24.3 Å². The minimum atomic E-state index is -0.838. The molecule has 0 aliphatic rings. The molecule has 4 nitrogen and oxygen atoms in total. The zero-order chi connectivity index (χ0) is 48.5. The molecule has 0 saturated heterocycles. The predicted molar refractivity (Wildman–Crippen MR) is 299 cm³/mol. The monoisotopic (exact) mass is 942 g/mol. The first-order chi connectivity index (χ1) is 33.2. The van der Waals surface area contributed by atoms with Gasteiger partial charge in [-0.1, -0.05) is 327 Å². The highest BCUT2D eigenvalue weighted by molar-refractivity contribution is 5.76. The quantitative estimate of drug-likeness (QED) is 0.0420. The van der Waals surface area contributed by atoms with Crippen molar-refractivity contribution in [1.29, 1.82) is 0 Å². The number of rotatable bonds is 58. The summed E-state index contributed by atoms with van der Waals surface area (Å²) in [7, 11) is 0. The Morgan fingerprint density at radius 1 is 0.343 bits per heavy atom. The first-order valence-electron chi connectivity index (χ1n) is 31.1. The number of hydrogen-bond donors (Lipinski definition) is 3. The highest BCUT2D eigenvalue weighted by Gasteiger charge is 2.18. The molecule has 0 fully saturated rings. The molecule has 1 amide bonds. The van der Waals surface area contributed by atoms with Crippen molar-refractivity contribution in [2.45, 2.75) is 366 Å². The van der Waals surface area contributed by atoms with Crippen molar-refractivity contribution in [1.82, 2.24) is 5.32 Å². The summed E-state index contributed by atoms with van der Waals surface area (Å²) in [6.07, 6.45) is 79.4. The van der Waals surface area contributed by atoms with Gasteiger partial charge in [0, 0.05) is 6.42 Å². The lowest BCUT2D eigenvalue weighted by Crippen LogP contribution is -2.45. The lowest BCUT2D eigenvalue weighted by molar-refractivity contribution is -0.123. The standard InChI is InChI=1S/C63H123NO3/c1-3-5-7-9-11-13-15-17-19-21-23-25-27-29-30-31-32-33-34-35-37-39-41-43-45-47-49-51-53-55-57-59-63(67)64-61(60-65)62(66)58-56-54-52-50-48-46-44-42-40-38-36-28-26-24-22-20-18-16-14-12-10-8-6-4-2/h29-30,56,58,61-62,65-66H,3-28,31-55,57,59-60H2,1-2H3,(H,64,67)/b30-29-,58-56+. The molecule has 398 valence electrons. The molecule has 0 heterocycles. The van der Waals surface area contributed by atoms with Gasteiger partial charge < -0.3 is 15.5 Å². The summed E-state index contributed by atoms with van der Waals surface area (Å²) in [5, 5.41) is 23.2. The molecule has 0 aromatic rings. The van der Waals surface area contributed by atoms with Crippen molar-refractivity contribution >= 4 is 5.91 Å². The molecule has 0 spiro atoms. The second-order valence-electron chi connectivity index (χ2n) is 21.5. The molecule has 0 bridgehead atoms. The van der Waals surface area contributed by atoms with E-state index in [1.54, 1.807) is 6.08 Å². The van der Waals surface area contributed by atoms with E-state index in [9.17, 15) is 15.0 Å². The third-order valence-corrected chi connectivity index (χ3v) is 14.7.